The van der Waals surface area contributed by atoms with Crippen LogP contribution in [0.2, 0.25) is 0 Å². The van der Waals surface area contributed by atoms with Gasteiger partial charge in [-0.15, -0.1) is 0 Å². The van der Waals surface area contributed by atoms with Crippen molar-refractivity contribution >= 4 is 21.9 Å². The molecule has 0 bridgehead atoms. The highest BCUT2D eigenvalue weighted by atomic mass is 79.9. The summed E-state index contributed by atoms with van der Waals surface area (Å²) < 4.78 is 18.2. The van der Waals surface area contributed by atoms with E-state index in [0.29, 0.717) is 0 Å². The Bertz CT molecular complexity index is 452. The molecule has 17 heavy (non-hydrogen) atoms. The van der Waals surface area contributed by atoms with Crippen molar-refractivity contribution in [2.45, 2.75) is 12.5 Å². The van der Waals surface area contributed by atoms with Gasteiger partial charge in [-0.2, -0.15) is 0 Å². The lowest BCUT2D eigenvalue weighted by Gasteiger charge is -2.15. The average molecular weight is 308 g/mol. The van der Waals surface area contributed by atoms with Crippen LogP contribution in [0.25, 0.3) is 0 Å². The highest BCUT2D eigenvalue weighted by molar-refractivity contribution is 9.10. The lowest BCUT2D eigenvalue weighted by atomic mass is 10.0. The summed E-state index contributed by atoms with van der Waals surface area (Å²) in [5, 5.41) is 18.3. The molecule has 1 aromatic carbocycles. The van der Waals surface area contributed by atoms with Gasteiger partial charge < -0.3 is 20.7 Å². The number of ether oxygens (including phenoxy) is 1. The number of hydrogen-bond acceptors (Lipinski definition) is 4. The van der Waals surface area contributed by atoms with Crippen LogP contribution in [0, 0.1) is 5.82 Å². The number of benzene rings is 1. The number of rotatable bonds is 4. The summed E-state index contributed by atoms with van der Waals surface area (Å²) in [6, 6.07) is 0.291. The third-order valence-corrected chi connectivity index (χ3v) is 2.75. The molecule has 0 amide bonds. The zero-order chi connectivity index (χ0) is 13.2. The second-order valence-electron chi connectivity index (χ2n) is 3.35. The third kappa shape index (κ3) is 2.86. The summed E-state index contributed by atoms with van der Waals surface area (Å²) >= 11 is 2.94. The van der Waals surface area contributed by atoms with Gasteiger partial charge in [-0.05, 0) is 22.0 Å². The first-order valence-corrected chi connectivity index (χ1v) is 5.40. The van der Waals surface area contributed by atoms with E-state index >= 15 is 0 Å². The second-order valence-corrected chi connectivity index (χ2v) is 4.20. The van der Waals surface area contributed by atoms with E-state index in [1.807, 2.05) is 0 Å². The molecule has 0 radical (unpaired) electrons. The number of hydrogen-bond donors (Lipinski definition) is 3. The summed E-state index contributed by atoms with van der Waals surface area (Å²) in [5.74, 6) is -2.73. The fraction of sp³-hybridized carbons (Fsp3) is 0.300. The lowest BCUT2D eigenvalue weighted by molar-refractivity contribution is -0.137. The molecule has 4 N–H and O–H groups in total. The molecule has 1 rings (SSSR count). The van der Waals surface area contributed by atoms with Crippen molar-refractivity contribution in [3.8, 4) is 11.5 Å². The summed E-state index contributed by atoms with van der Waals surface area (Å²) in [7, 11) is 1.19. The van der Waals surface area contributed by atoms with Crippen molar-refractivity contribution in [2.24, 2.45) is 5.73 Å². The molecule has 0 fully saturated rings. The SMILES string of the molecule is COc1c(O)c(C(N)CC(=O)O)cc(Br)c1F. The molecule has 7 heteroatoms. The second kappa shape index (κ2) is 5.33. The van der Waals surface area contributed by atoms with Crippen molar-refractivity contribution in [2.75, 3.05) is 7.11 Å². The van der Waals surface area contributed by atoms with Crippen LogP contribution in [-0.4, -0.2) is 23.3 Å². The van der Waals surface area contributed by atoms with Gasteiger partial charge >= 0.3 is 5.97 Å². The van der Waals surface area contributed by atoms with Gasteiger partial charge in [-0.25, -0.2) is 4.39 Å². The van der Waals surface area contributed by atoms with Gasteiger partial charge in [0, 0.05) is 11.6 Å². The first-order chi connectivity index (χ1) is 7.88. The quantitative estimate of drug-likeness (QED) is 0.788. The Morgan fingerprint density at radius 3 is 2.76 bits per heavy atom. The van der Waals surface area contributed by atoms with Crippen LogP contribution in [0.1, 0.15) is 18.0 Å². The van der Waals surface area contributed by atoms with E-state index in [1.54, 1.807) is 0 Å². The molecule has 0 aliphatic rings. The van der Waals surface area contributed by atoms with Crippen LogP contribution in [-0.2, 0) is 4.79 Å². The molecule has 94 valence electrons. The number of carboxylic acids is 1. The monoisotopic (exact) mass is 307 g/mol. The predicted molar refractivity (Wildman–Crippen MR) is 61.5 cm³/mol. The molecule has 1 atom stereocenters. The van der Waals surface area contributed by atoms with Gasteiger partial charge in [0.05, 0.1) is 18.0 Å². The number of aliphatic carboxylic acids is 1. The van der Waals surface area contributed by atoms with Crippen LogP contribution in [0.5, 0.6) is 11.5 Å². The smallest absolute Gasteiger partial charge is 0.305 e. The maximum Gasteiger partial charge on any atom is 0.305 e. The van der Waals surface area contributed by atoms with E-state index in [4.69, 9.17) is 15.6 Å². The summed E-state index contributed by atoms with van der Waals surface area (Å²) in [6.07, 6.45) is -0.380. The minimum absolute atomic E-state index is 0.0444. The minimum Gasteiger partial charge on any atom is -0.504 e. The molecule has 0 aromatic heterocycles. The highest BCUT2D eigenvalue weighted by Crippen LogP contribution is 2.40. The maximum absolute atomic E-state index is 13.5. The molecule has 5 nitrogen and oxygen atoms in total. The number of nitrogens with two attached hydrogens (primary N) is 1. The van der Waals surface area contributed by atoms with Crippen LogP contribution in [0.15, 0.2) is 10.5 Å². The first-order valence-electron chi connectivity index (χ1n) is 4.60. The molecular weight excluding hydrogens is 297 g/mol. The Morgan fingerprint density at radius 1 is 1.71 bits per heavy atom. The first kappa shape index (κ1) is 13.7. The van der Waals surface area contributed by atoms with E-state index in [-0.39, 0.29) is 22.2 Å². The standard InChI is InChI=1S/C10H11BrFNO4/c1-17-10-8(12)5(11)2-4(9(10)16)6(13)3-7(14)15/h2,6,16H,3,13H2,1H3,(H,14,15). The molecule has 0 spiro atoms. The Morgan fingerprint density at radius 2 is 2.29 bits per heavy atom. The zero-order valence-electron chi connectivity index (χ0n) is 8.91. The van der Waals surface area contributed by atoms with Gasteiger partial charge in [0.1, 0.15) is 0 Å². The fourth-order valence-corrected chi connectivity index (χ4v) is 1.81. The van der Waals surface area contributed by atoms with Crippen LogP contribution < -0.4 is 10.5 Å². The predicted octanol–water partition coefficient (Wildman–Crippen LogP) is 1.78. The van der Waals surface area contributed by atoms with Crippen LogP contribution in [0.4, 0.5) is 4.39 Å². The van der Waals surface area contributed by atoms with E-state index < -0.39 is 23.6 Å². The van der Waals surface area contributed by atoms with Crippen molar-refractivity contribution in [3.05, 3.63) is 21.9 Å². The van der Waals surface area contributed by atoms with E-state index in [0.717, 1.165) is 0 Å². The largest absolute Gasteiger partial charge is 0.504 e. The normalized spacial score (nSPS) is 12.2. The Kier molecular flexibility index (Phi) is 4.30. The molecule has 0 aliphatic carbocycles. The number of carbonyl (C=O) groups is 1. The zero-order valence-corrected chi connectivity index (χ0v) is 10.5. The van der Waals surface area contributed by atoms with Gasteiger partial charge in [0.15, 0.2) is 17.3 Å². The molecule has 0 heterocycles. The van der Waals surface area contributed by atoms with E-state index in [9.17, 15) is 14.3 Å². The van der Waals surface area contributed by atoms with Crippen molar-refractivity contribution in [1.82, 2.24) is 0 Å². The van der Waals surface area contributed by atoms with Crippen molar-refractivity contribution in [3.63, 3.8) is 0 Å². The number of aromatic hydroxyl groups is 1. The topological polar surface area (TPSA) is 92.8 Å². The van der Waals surface area contributed by atoms with Crippen LogP contribution >= 0.6 is 15.9 Å². The highest BCUT2D eigenvalue weighted by Gasteiger charge is 2.22. The van der Waals surface area contributed by atoms with Gasteiger partial charge in [-0.1, -0.05) is 0 Å². The Hall–Kier alpha value is -1.34. The number of phenols is 1. The molecule has 0 saturated carbocycles. The lowest BCUT2D eigenvalue weighted by Crippen LogP contribution is -2.15. The molecule has 1 unspecified atom stereocenters. The fourth-order valence-electron chi connectivity index (χ4n) is 1.38. The number of methoxy groups -OCH3 is 1. The van der Waals surface area contributed by atoms with Gasteiger partial charge in [0.2, 0.25) is 0 Å². The molecule has 1 aromatic rings. The Labute approximate surface area is 105 Å². The summed E-state index contributed by atoms with van der Waals surface area (Å²) in [4.78, 5) is 10.5. The number of carboxylic acid groups (broad SMARTS) is 1. The van der Waals surface area contributed by atoms with Crippen LogP contribution in [0.3, 0.4) is 0 Å². The van der Waals surface area contributed by atoms with Crippen molar-refractivity contribution in [1.29, 1.82) is 0 Å². The minimum atomic E-state index is -1.11. The van der Waals surface area contributed by atoms with Crippen molar-refractivity contribution < 1.29 is 24.1 Å². The Balaban J connectivity index is 3.25. The molecule has 0 saturated heterocycles. The van der Waals surface area contributed by atoms with Gasteiger partial charge in [-0.3, -0.25) is 4.79 Å². The molecular formula is C10H11BrFNO4. The van der Waals surface area contributed by atoms with Gasteiger partial charge in [0.25, 0.3) is 0 Å². The number of phenolic OH excluding ortho intramolecular Hbond substituents is 1. The van der Waals surface area contributed by atoms with E-state index in [2.05, 4.69) is 15.9 Å². The maximum atomic E-state index is 13.5. The summed E-state index contributed by atoms with van der Waals surface area (Å²) in [6.45, 7) is 0. The third-order valence-electron chi connectivity index (χ3n) is 2.18. The summed E-state index contributed by atoms with van der Waals surface area (Å²) in [5.41, 5.74) is 5.71. The number of halogens is 2. The average Bonchev–Trinajstić information content (AvgIpc) is 2.23. The van der Waals surface area contributed by atoms with E-state index in [1.165, 1.54) is 13.2 Å². The molecule has 0 aliphatic heterocycles.